The summed E-state index contributed by atoms with van der Waals surface area (Å²) in [6, 6.07) is 10.2. The monoisotopic (exact) mass is 235 g/mol. The largest absolute Gasteiger partial charge is 0.479 e. The van der Waals surface area contributed by atoms with Crippen LogP contribution in [0.15, 0.2) is 30.3 Å². The van der Waals surface area contributed by atoms with Crippen molar-refractivity contribution < 1.29 is 14.6 Å². The SMILES string of the molecule is O=C(O)C1CCN(Cc2ccccc2)CCO1. The predicted octanol–water partition coefficient (Wildman–Crippen LogP) is 1.36. The van der Waals surface area contributed by atoms with Crippen LogP contribution in [0.5, 0.6) is 0 Å². The van der Waals surface area contributed by atoms with E-state index in [9.17, 15) is 4.79 Å². The lowest BCUT2D eigenvalue weighted by Crippen LogP contribution is -2.26. The number of carbonyl (C=O) groups is 1. The number of hydrogen-bond donors (Lipinski definition) is 1. The van der Waals surface area contributed by atoms with E-state index in [0.717, 1.165) is 19.6 Å². The third kappa shape index (κ3) is 3.54. The molecule has 1 aromatic carbocycles. The zero-order chi connectivity index (χ0) is 12.1. The molecule has 0 aromatic heterocycles. The van der Waals surface area contributed by atoms with Gasteiger partial charge in [-0.2, -0.15) is 0 Å². The summed E-state index contributed by atoms with van der Waals surface area (Å²) < 4.78 is 5.29. The fraction of sp³-hybridized carbons (Fsp3) is 0.462. The third-order valence-electron chi connectivity index (χ3n) is 2.96. The van der Waals surface area contributed by atoms with Gasteiger partial charge in [-0.3, -0.25) is 4.90 Å². The van der Waals surface area contributed by atoms with E-state index in [1.165, 1.54) is 5.56 Å². The van der Waals surface area contributed by atoms with Gasteiger partial charge < -0.3 is 9.84 Å². The molecule has 0 bridgehead atoms. The second kappa shape index (κ2) is 5.80. The molecule has 92 valence electrons. The molecule has 1 N–H and O–H groups in total. The van der Waals surface area contributed by atoms with Crippen LogP contribution in [0.4, 0.5) is 0 Å². The van der Waals surface area contributed by atoms with E-state index >= 15 is 0 Å². The van der Waals surface area contributed by atoms with E-state index in [0.29, 0.717) is 13.0 Å². The van der Waals surface area contributed by atoms with E-state index < -0.39 is 12.1 Å². The van der Waals surface area contributed by atoms with Crippen LogP contribution in [-0.2, 0) is 16.1 Å². The Hall–Kier alpha value is -1.39. The average Bonchev–Trinajstić information content (AvgIpc) is 2.56. The van der Waals surface area contributed by atoms with Gasteiger partial charge in [-0.1, -0.05) is 30.3 Å². The minimum atomic E-state index is -0.855. The van der Waals surface area contributed by atoms with Gasteiger partial charge in [0, 0.05) is 19.6 Å². The maximum Gasteiger partial charge on any atom is 0.332 e. The molecule has 1 heterocycles. The number of carboxylic acid groups (broad SMARTS) is 1. The van der Waals surface area contributed by atoms with Crippen molar-refractivity contribution in [1.29, 1.82) is 0 Å². The highest BCUT2D eigenvalue weighted by atomic mass is 16.5. The molecule has 1 aliphatic rings. The van der Waals surface area contributed by atoms with Gasteiger partial charge in [-0.15, -0.1) is 0 Å². The number of nitrogens with zero attached hydrogens (tertiary/aromatic N) is 1. The van der Waals surface area contributed by atoms with Crippen molar-refractivity contribution in [1.82, 2.24) is 4.90 Å². The first-order valence-corrected chi connectivity index (χ1v) is 5.86. The molecular formula is C13H17NO3. The molecule has 17 heavy (non-hydrogen) atoms. The second-order valence-corrected chi connectivity index (χ2v) is 4.25. The fourth-order valence-corrected chi connectivity index (χ4v) is 2.01. The van der Waals surface area contributed by atoms with E-state index in [4.69, 9.17) is 9.84 Å². The molecule has 0 amide bonds. The van der Waals surface area contributed by atoms with Crippen molar-refractivity contribution >= 4 is 5.97 Å². The number of aliphatic carboxylic acids is 1. The van der Waals surface area contributed by atoms with Gasteiger partial charge in [-0.05, 0) is 12.0 Å². The van der Waals surface area contributed by atoms with Crippen molar-refractivity contribution in [2.75, 3.05) is 19.7 Å². The van der Waals surface area contributed by atoms with Crippen LogP contribution in [0.25, 0.3) is 0 Å². The summed E-state index contributed by atoms with van der Waals surface area (Å²) in [5.74, 6) is -0.855. The lowest BCUT2D eigenvalue weighted by Gasteiger charge is -2.18. The number of ether oxygens (including phenoxy) is 1. The molecule has 1 aliphatic heterocycles. The molecule has 1 aromatic rings. The first kappa shape index (κ1) is 12.1. The highest BCUT2D eigenvalue weighted by Crippen LogP contribution is 2.11. The number of carboxylic acids is 1. The Balaban J connectivity index is 1.89. The minimum Gasteiger partial charge on any atom is -0.479 e. The first-order valence-electron chi connectivity index (χ1n) is 5.86. The van der Waals surface area contributed by atoms with Gasteiger partial charge in [-0.25, -0.2) is 4.79 Å². The maximum atomic E-state index is 10.8. The van der Waals surface area contributed by atoms with Gasteiger partial charge in [0.05, 0.1) is 6.61 Å². The van der Waals surface area contributed by atoms with E-state index in [2.05, 4.69) is 17.0 Å². The fourth-order valence-electron chi connectivity index (χ4n) is 2.01. The Labute approximate surface area is 101 Å². The van der Waals surface area contributed by atoms with Gasteiger partial charge in [0.1, 0.15) is 0 Å². The van der Waals surface area contributed by atoms with Crippen molar-refractivity contribution in [2.45, 2.75) is 19.1 Å². The standard InChI is InChI=1S/C13H17NO3/c15-13(16)12-6-7-14(8-9-17-12)10-11-4-2-1-3-5-11/h1-5,12H,6-10H2,(H,15,16). The summed E-state index contributed by atoms with van der Waals surface area (Å²) in [7, 11) is 0. The highest BCUT2D eigenvalue weighted by Gasteiger charge is 2.22. The Bertz CT molecular complexity index is 366. The smallest absolute Gasteiger partial charge is 0.332 e. The van der Waals surface area contributed by atoms with Crippen LogP contribution in [0.2, 0.25) is 0 Å². The minimum absolute atomic E-state index is 0.490. The lowest BCUT2D eigenvalue weighted by atomic mass is 10.2. The van der Waals surface area contributed by atoms with Crippen LogP contribution >= 0.6 is 0 Å². The molecule has 0 aliphatic carbocycles. The van der Waals surface area contributed by atoms with Gasteiger partial charge >= 0.3 is 5.97 Å². The van der Waals surface area contributed by atoms with E-state index in [1.807, 2.05) is 18.2 Å². The highest BCUT2D eigenvalue weighted by molar-refractivity contribution is 5.72. The first-order chi connectivity index (χ1) is 8.25. The van der Waals surface area contributed by atoms with E-state index in [1.54, 1.807) is 0 Å². The molecule has 1 atom stereocenters. The Kier molecular flexibility index (Phi) is 4.12. The predicted molar refractivity (Wildman–Crippen MR) is 63.7 cm³/mol. The van der Waals surface area contributed by atoms with Crippen LogP contribution < -0.4 is 0 Å². The molecule has 4 nitrogen and oxygen atoms in total. The molecule has 1 saturated heterocycles. The second-order valence-electron chi connectivity index (χ2n) is 4.25. The van der Waals surface area contributed by atoms with Crippen LogP contribution in [0, 0.1) is 0 Å². The Morgan fingerprint density at radius 2 is 2.12 bits per heavy atom. The summed E-state index contributed by atoms with van der Waals surface area (Å²) in [5, 5.41) is 8.90. The van der Waals surface area contributed by atoms with Crippen molar-refractivity contribution in [3.8, 4) is 0 Å². The summed E-state index contributed by atoms with van der Waals surface area (Å²) in [4.78, 5) is 13.1. The number of hydrogen-bond acceptors (Lipinski definition) is 3. The summed E-state index contributed by atoms with van der Waals surface area (Å²) in [6.07, 6.45) is -0.0851. The molecule has 1 unspecified atom stereocenters. The molecule has 4 heteroatoms. The molecule has 0 spiro atoms. The number of rotatable bonds is 3. The summed E-state index contributed by atoms with van der Waals surface area (Å²) in [5.41, 5.74) is 1.25. The zero-order valence-electron chi connectivity index (χ0n) is 9.71. The maximum absolute atomic E-state index is 10.8. The normalized spacial score (nSPS) is 22.0. The van der Waals surface area contributed by atoms with Crippen molar-refractivity contribution in [3.05, 3.63) is 35.9 Å². The Morgan fingerprint density at radius 1 is 1.35 bits per heavy atom. The number of benzene rings is 1. The molecule has 1 fully saturated rings. The summed E-state index contributed by atoms with van der Waals surface area (Å²) >= 11 is 0. The quantitative estimate of drug-likeness (QED) is 0.859. The zero-order valence-corrected chi connectivity index (χ0v) is 9.71. The molecule has 0 saturated carbocycles. The van der Waals surface area contributed by atoms with Crippen molar-refractivity contribution in [3.63, 3.8) is 0 Å². The van der Waals surface area contributed by atoms with Crippen molar-refractivity contribution in [2.24, 2.45) is 0 Å². The van der Waals surface area contributed by atoms with Crippen LogP contribution in [-0.4, -0.2) is 41.8 Å². The van der Waals surface area contributed by atoms with Gasteiger partial charge in [0.25, 0.3) is 0 Å². The molecule has 0 radical (unpaired) electrons. The van der Waals surface area contributed by atoms with E-state index in [-0.39, 0.29) is 0 Å². The molecule has 2 rings (SSSR count). The van der Waals surface area contributed by atoms with Gasteiger partial charge in [0.2, 0.25) is 0 Å². The van der Waals surface area contributed by atoms with Crippen LogP contribution in [0.1, 0.15) is 12.0 Å². The lowest BCUT2D eigenvalue weighted by molar-refractivity contribution is -0.149. The Morgan fingerprint density at radius 3 is 2.82 bits per heavy atom. The molecular weight excluding hydrogens is 218 g/mol. The van der Waals surface area contributed by atoms with Gasteiger partial charge in [0.15, 0.2) is 6.10 Å². The average molecular weight is 235 g/mol. The topological polar surface area (TPSA) is 49.8 Å². The van der Waals surface area contributed by atoms with Crippen LogP contribution in [0.3, 0.4) is 0 Å². The third-order valence-corrected chi connectivity index (χ3v) is 2.96. The summed E-state index contributed by atoms with van der Waals surface area (Å²) in [6.45, 7) is 2.91.